The first kappa shape index (κ1) is 31.1. The summed E-state index contributed by atoms with van der Waals surface area (Å²) in [5, 5.41) is 25.2. The summed E-state index contributed by atoms with van der Waals surface area (Å²) in [7, 11) is 0. The number of anilines is 1. The van der Waals surface area contributed by atoms with Crippen molar-refractivity contribution in [2.45, 2.75) is 52.5 Å². The highest BCUT2D eigenvalue weighted by atomic mass is 16.5. The lowest BCUT2D eigenvalue weighted by Gasteiger charge is -2.25. The van der Waals surface area contributed by atoms with Crippen molar-refractivity contribution >= 4 is 28.6 Å². The molecule has 0 aliphatic carbocycles. The molecule has 2 aromatic heterocycles. The largest absolute Gasteiger partial charge is 0.444 e. The minimum atomic E-state index is -1.28. The molecule has 3 aromatic carbocycles. The molecule has 1 unspecified atom stereocenters. The van der Waals surface area contributed by atoms with Gasteiger partial charge in [0.1, 0.15) is 18.8 Å². The van der Waals surface area contributed by atoms with Gasteiger partial charge in [0, 0.05) is 5.39 Å². The summed E-state index contributed by atoms with van der Waals surface area (Å²) in [6.07, 6.45) is -1.68. The van der Waals surface area contributed by atoms with Crippen LogP contribution in [0.5, 0.6) is 0 Å². The van der Waals surface area contributed by atoms with Gasteiger partial charge in [-0.15, -0.1) is 10.2 Å². The molecular weight excluding hydrogens is 574 g/mol. The van der Waals surface area contributed by atoms with Crippen LogP contribution in [-0.2, 0) is 29.1 Å². The normalized spacial score (nSPS) is 12.6. The number of fused-ring (bicyclic) bond motifs is 1. The van der Waals surface area contributed by atoms with E-state index in [0.29, 0.717) is 23.2 Å². The molecule has 2 heterocycles. The predicted octanol–water partition coefficient (Wildman–Crippen LogP) is 4.91. The molecule has 0 aliphatic rings. The molecule has 0 radical (unpaired) electrons. The van der Waals surface area contributed by atoms with Crippen molar-refractivity contribution in [3.8, 4) is 0 Å². The Hall–Kier alpha value is -5.29. The van der Waals surface area contributed by atoms with Crippen LogP contribution in [0.1, 0.15) is 48.4 Å². The molecule has 0 saturated heterocycles. The van der Waals surface area contributed by atoms with E-state index in [9.17, 15) is 19.5 Å². The number of nitrogens with one attached hydrogen (secondary N) is 2. The summed E-state index contributed by atoms with van der Waals surface area (Å²) < 4.78 is 12.3. The zero-order chi connectivity index (χ0) is 31.9. The Labute approximate surface area is 259 Å². The predicted molar refractivity (Wildman–Crippen MR) is 168 cm³/mol. The van der Waals surface area contributed by atoms with Gasteiger partial charge < -0.3 is 19.6 Å². The van der Waals surface area contributed by atoms with E-state index in [4.69, 9.17) is 9.15 Å². The SMILES string of the molecule is Cc1cccc(Cc2nnc(C(O)[C@@H](NC(=O)Cn3c(=O)c(NC(=O)OCc4ccccc4)cc4ccccc43)C(C)C)o2)c1. The third-order valence-corrected chi connectivity index (χ3v) is 7.31. The van der Waals surface area contributed by atoms with E-state index in [0.717, 1.165) is 16.7 Å². The summed E-state index contributed by atoms with van der Waals surface area (Å²) in [4.78, 5) is 39.4. The van der Waals surface area contributed by atoms with Crippen LogP contribution in [0.2, 0.25) is 0 Å². The van der Waals surface area contributed by atoms with E-state index in [2.05, 4.69) is 20.8 Å². The van der Waals surface area contributed by atoms with Gasteiger partial charge in [0.2, 0.25) is 17.7 Å². The number of hydrogen-bond donors (Lipinski definition) is 3. The molecule has 5 rings (SSSR count). The fraction of sp³-hybridized carbons (Fsp3) is 0.265. The first-order valence-electron chi connectivity index (χ1n) is 14.6. The van der Waals surface area contributed by atoms with Gasteiger partial charge in [-0.3, -0.25) is 19.5 Å². The van der Waals surface area contributed by atoms with E-state index < -0.39 is 29.7 Å². The third-order valence-electron chi connectivity index (χ3n) is 7.31. The Morgan fingerprint density at radius 2 is 1.69 bits per heavy atom. The van der Waals surface area contributed by atoms with E-state index in [1.807, 2.05) is 75.4 Å². The number of carbonyl (C=O) groups is 2. The van der Waals surface area contributed by atoms with Gasteiger partial charge in [-0.25, -0.2) is 4.79 Å². The first-order chi connectivity index (χ1) is 21.7. The Morgan fingerprint density at radius 3 is 2.44 bits per heavy atom. The van der Waals surface area contributed by atoms with Crippen LogP contribution in [-0.4, -0.2) is 37.9 Å². The number of aliphatic hydroxyl groups is 1. The van der Waals surface area contributed by atoms with Crippen LogP contribution in [0.15, 0.2) is 94.1 Å². The van der Waals surface area contributed by atoms with Gasteiger partial charge in [-0.05, 0) is 36.1 Å². The zero-order valence-electron chi connectivity index (χ0n) is 25.3. The number of pyridine rings is 1. The Kier molecular flexibility index (Phi) is 9.69. The van der Waals surface area contributed by atoms with Crippen molar-refractivity contribution in [2.24, 2.45) is 5.92 Å². The number of amides is 2. The highest BCUT2D eigenvalue weighted by Crippen LogP contribution is 2.23. The smallest absolute Gasteiger partial charge is 0.412 e. The van der Waals surface area contributed by atoms with Crippen LogP contribution < -0.4 is 16.2 Å². The Morgan fingerprint density at radius 1 is 0.956 bits per heavy atom. The molecule has 5 aromatic rings. The average molecular weight is 610 g/mol. The topological polar surface area (TPSA) is 149 Å². The summed E-state index contributed by atoms with van der Waals surface area (Å²) in [6.45, 7) is 5.33. The van der Waals surface area contributed by atoms with Gasteiger partial charge in [0.25, 0.3) is 5.56 Å². The van der Waals surface area contributed by atoms with Gasteiger partial charge in [-0.2, -0.15) is 0 Å². The molecule has 0 aliphatic heterocycles. The molecule has 45 heavy (non-hydrogen) atoms. The lowest BCUT2D eigenvalue weighted by molar-refractivity contribution is -0.123. The van der Waals surface area contributed by atoms with Gasteiger partial charge in [0.15, 0.2) is 6.10 Å². The second-order valence-corrected chi connectivity index (χ2v) is 11.2. The summed E-state index contributed by atoms with van der Waals surface area (Å²) in [5.41, 5.74) is 2.77. The van der Waals surface area contributed by atoms with Gasteiger partial charge >= 0.3 is 6.09 Å². The Bertz CT molecular complexity index is 1850. The summed E-state index contributed by atoms with van der Waals surface area (Å²) in [6, 6.07) is 24.8. The number of hydrogen-bond acceptors (Lipinski definition) is 8. The quantitative estimate of drug-likeness (QED) is 0.191. The third kappa shape index (κ3) is 7.81. The molecular formula is C34H35N5O6. The fourth-order valence-corrected chi connectivity index (χ4v) is 5.04. The number of benzene rings is 3. The number of carbonyl (C=O) groups excluding carboxylic acids is 2. The fourth-order valence-electron chi connectivity index (χ4n) is 5.04. The van der Waals surface area contributed by atoms with E-state index in [1.165, 1.54) is 4.57 Å². The lowest BCUT2D eigenvalue weighted by atomic mass is 9.98. The monoisotopic (exact) mass is 609 g/mol. The molecule has 3 N–H and O–H groups in total. The van der Waals surface area contributed by atoms with Crippen molar-refractivity contribution in [3.05, 3.63) is 124 Å². The van der Waals surface area contributed by atoms with Crippen molar-refractivity contribution < 1.29 is 23.8 Å². The maximum Gasteiger partial charge on any atom is 0.412 e. The van der Waals surface area contributed by atoms with Crippen LogP contribution >= 0.6 is 0 Å². The second kappa shape index (κ2) is 14.0. The maximum absolute atomic E-state index is 13.5. The minimum Gasteiger partial charge on any atom is -0.444 e. The molecule has 2 atom stereocenters. The number of ether oxygens (including phenoxy) is 1. The molecule has 0 bridgehead atoms. The number of nitrogens with zero attached hydrogens (tertiary/aromatic N) is 3. The molecule has 11 heteroatoms. The number of para-hydroxylation sites is 1. The van der Waals surface area contributed by atoms with E-state index in [1.54, 1.807) is 30.3 Å². The van der Waals surface area contributed by atoms with Crippen LogP contribution in [0, 0.1) is 12.8 Å². The highest BCUT2D eigenvalue weighted by Gasteiger charge is 2.30. The molecule has 2 amide bonds. The van der Waals surface area contributed by atoms with Crippen LogP contribution in [0.3, 0.4) is 0 Å². The zero-order valence-corrected chi connectivity index (χ0v) is 25.3. The van der Waals surface area contributed by atoms with Crippen molar-refractivity contribution in [1.82, 2.24) is 20.1 Å². The minimum absolute atomic E-state index is 0.0144. The second-order valence-electron chi connectivity index (χ2n) is 11.2. The number of aryl methyl sites for hydroxylation is 1. The summed E-state index contributed by atoms with van der Waals surface area (Å²) >= 11 is 0. The van der Waals surface area contributed by atoms with Crippen LogP contribution in [0.4, 0.5) is 10.5 Å². The number of aromatic nitrogens is 3. The highest BCUT2D eigenvalue weighted by molar-refractivity contribution is 5.90. The first-order valence-corrected chi connectivity index (χ1v) is 14.6. The molecule has 0 fully saturated rings. The summed E-state index contributed by atoms with van der Waals surface area (Å²) in [5.74, 6) is -0.423. The molecule has 232 valence electrons. The molecule has 11 nitrogen and oxygen atoms in total. The molecule has 0 saturated carbocycles. The van der Waals surface area contributed by atoms with E-state index in [-0.39, 0.29) is 30.6 Å². The van der Waals surface area contributed by atoms with Crippen molar-refractivity contribution in [1.29, 1.82) is 0 Å². The number of rotatable bonds is 11. The van der Waals surface area contributed by atoms with Gasteiger partial charge in [-0.1, -0.05) is 92.2 Å². The number of aliphatic hydroxyl groups excluding tert-OH is 1. The van der Waals surface area contributed by atoms with Crippen molar-refractivity contribution in [3.63, 3.8) is 0 Å². The van der Waals surface area contributed by atoms with Gasteiger partial charge in [0.05, 0.1) is 18.0 Å². The lowest BCUT2D eigenvalue weighted by Crippen LogP contribution is -2.45. The maximum atomic E-state index is 13.5. The van der Waals surface area contributed by atoms with Crippen molar-refractivity contribution in [2.75, 3.05) is 5.32 Å². The standard InChI is InChI=1S/C34H35N5O6/c1-21(2)30(31(41)32-38-37-29(45-32)17-24-13-9-10-22(3)16-24)36-28(40)19-39-27-15-8-7-14-25(27)18-26(33(39)42)35-34(43)44-20-23-11-5-4-6-12-23/h4-16,18,21,30-31,41H,17,19-20H2,1-3H3,(H,35,43)(H,36,40)/t30-,31?/m0/s1. The average Bonchev–Trinajstić information content (AvgIpc) is 3.49. The molecule has 0 spiro atoms. The van der Waals surface area contributed by atoms with Crippen LogP contribution in [0.25, 0.3) is 10.9 Å². The van der Waals surface area contributed by atoms with E-state index >= 15 is 0 Å². The Balaban J connectivity index is 1.30.